The molecule has 0 bridgehead atoms. The van der Waals surface area contributed by atoms with Crippen LogP contribution in [0.2, 0.25) is 5.02 Å². The Kier molecular flexibility index (Phi) is 2.20. The summed E-state index contributed by atoms with van der Waals surface area (Å²) in [7, 11) is 0. The molecule has 0 aliphatic rings. The van der Waals surface area contributed by atoms with Gasteiger partial charge in [-0.05, 0) is 31.5 Å². The number of nitrogens with two attached hydrogens (primary N) is 1. The standard InChI is InChI=1S/C11H10ClNO2/c1-5-3-7(12)4-8-6(2)10(11(13)14)15-9(5)8/h3-4H,1-2H3,(H2,13,14). The van der Waals surface area contributed by atoms with Gasteiger partial charge in [0.1, 0.15) is 5.58 Å². The molecule has 2 aromatic rings. The third kappa shape index (κ3) is 1.49. The summed E-state index contributed by atoms with van der Waals surface area (Å²) < 4.78 is 5.41. The lowest BCUT2D eigenvalue weighted by Crippen LogP contribution is -2.10. The van der Waals surface area contributed by atoms with Crippen molar-refractivity contribution in [2.45, 2.75) is 13.8 Å². The van der Waals surface area contributed by atoms with Gasteiger partial charge in [0.25, 0.3) is 5.91 Å². The molecule has 0 aliphatic heterocycles. The molecule has 0 atom stereocenters. The zero-order chi connectivity index (χ0) is 11.2. The van der Waals surface area contributed by atoms with Gasteiger partial charge in [0.15, 0.2) is 5.76 Å². The number of rotatable bonds is 1. The number of aryl methyl sites for hydroxylation is 2. The van der Waals surface area contributed by atoms with Crippen molar-refractivity contribution in [2.75, 3.05) is 0 Å². The number of primary amides is 1. The molecule has 15 heavy (non-hydrogen) atoms. The highest BCUT2D eigenvalue weighted by atomic mass is 35.5. The molecule has 0 saturated heterocycles. The second-order valence-electron chi connectivity index (χ2n) is 3.52. The van der Waals surface area contributed by atoms with Gasteiger partial charge in [0, 0.05) is 16.0 Å². The molecule has 2 rings (SSSR count). The van der Waals surface area contributed by atoms with Crippen LogP contribution in [0.3, 0.4) is 0 Å². The lowest BCUT2D eigenvalue weighted by Gasteiger charge is -1.95. The number of benzene rings is 1. The molecule has 0 radical (unpaired) electrons. The maximum absolute atomic E-state index is 11.1. The lowest BCUT2D eigenvalue weighted by molar-refractivity contribution is 0.0975. The first-order chi connectivity index (χ1) is 7.00. The van der Waals surface area contributed by atoms with E-state index < -0.39 is 5.91 Å². The van der Waals surface area contributed by atoms with E-state index in [0.717, 1.165) is 16.5 Å². The molecule has 0 aliphatic carbocycles. The van der Waals surface area contributed by atoms with Crippen LogP contribution in [0.1, 0.15) is 21.7 Å². The van der Waals surface area contributed by atoms with E-state index in [1.165, 1.54) is 0 Å². The van der Waals surface area contributed by atoms with Crippen LogP contribution in [-0.2, 0) is 0 Å². The molecule has 0 unspecified atom stereocenters. The van der Waals surface area contributed by atoms with Crippen LogP contribution in [0, 0.1) is 13.8 Å². The Labute approximate surface area is 91.8 Å². The average molecular weight is 224 g/mol. The van der Waals surface area contributed by atoms with Crippen molar-refractivity contribution in [1.82, 2.24) is 0 Å². The SMILES string of the molecule is Cc1c(C(N)=O)oc2c(C)cc(Cl)cc12. The van der Waals surface area contributed by atoms with Crippen LogP contribution in [0.25, 0.3) is 11.0 Å². The number of furan rings is 1. The van der Waals surface area contributed by atoms with E-state index in [9.17, 15) is 4.79 Å². The summed E-state index contributed by atoms with van der Waals surface area (Å²) in [6.07, 6.45) is 0. The minimum absolute atomic E-state index is 0.204. The summed E-state index contributed by atoms with van der Waals surface area (Å²) in [6, 6.07) is 3.56. The van der Waals surface area contributed by atoms with Crippen LogP contribution >= 0.6 is 11.6 Å². The predicted molar refractivity (Wildman–Crippen MR) is 59.2 cm³/mol. The normalized spacial score (nSPS) is 10.9. The summed E-state index contributed by atoms with van der Waals surface area (Å²) in [4.78, 5) is 11.1. The molecule has 1 amide bonds. The lowest BCUT2D eigenvalue weighted by atomic mass is 10.1. The molecule has 78 valence electrons. The Bertz CT molecular complexity index is 557. The summed E-state index contributed by atoms with van der Waals surface area (Å²) >= 11 is 5.93. The number of carbonyl (C=O) groups is 1. The third-order valence-electron chi connectivity index (χ3n) is 2.41. The van der Waals surface area contributed by atoms with Crippen LogP contribution in [-0.4, -0.2) is 5.91 Å². The Hall–Kier alpha value is -1.48. The fraction of sp³-hybridized carbons (Fsp3) is 0.182. The van der Waals surface area contributed by atoms with E-state index in [-0.39, 0.29) is 5.76 Å². The van der Waals surface area contributed by atoms with Crippen LogP contribution < -0.4 is 5.73 Å². The van der Waals surface area contributed by atoms with E-state index in [0.29, 0.717) is 10.6 Å². The van der Waals surface area contributed by atoms with E-state index in [1.54, 1.807) is 19.1 Å². The van der Waals surface area contributed by atoms with Gasteiger partial charge >= 0.3 is 0 Å². The second kappa shape index (κ2) is 3.28. The van der Waals surface area contributed by atoms with Crippen molar-refractivity contribution in [1.29, 1.82) is 0 Å². The molecule has 3 nitrogen and oxygen atoms in total. The first-order valence-electron chi connectivity index (χ1n) is 4.49. The number of carbonyl (C=O) groups excluding carboxylic acids is 1. The molecule has 2 N–H and O–H groups in total. The highest BCUT2D eigenvalue weighted by molar-refractivity contribution is 6.31. The van der Waals surface area contributed by atoms with Crippen molar-refractivity contribution >= 4 is 28.5 Å². The van der Waals surface area contributed by atoms with Gasteiger partial charge in [-0.1, -0.05) is 11.6 Å². The number of hydrogen-bond donors (Lipinski definition) is 1. The van der Waals surface area contributed by atoms with Crippen LogP contribution in [0.4, 0.5) is 0 Å². The Morgan fingerprint density at radius 1 is 1.40 bits per heavy atom. The van der Waals surface area contributed by atoms with Gasteiger partial charge in [0.2, 0.25) is 0 Å². The fourth-order valence-electron chi connectivity index (χ4n) is 1.68. The third-order valence-corrected chi connectivity index (χ3v) is 2.63. The second-order valence-corrected chi connectivity index (χ2v) is 3.96. The highest BCUT2D eigenvalue weighted by Gasteiger charge is 2.16. The van der Waals surface area contributed by atoms with Gasteiger partial charge in [-0.2, -0.15) is 0 Å². The Morgan fingerprint density at radius 3 is 2.67 bits per heavy atom. The zero-order valence-electron chi connectivity index (χ0n) is 8.43. The van der Waals surface area contributed by atoms with Crippen molar-refractivity contribution in [2.24, 2.45) is 5.73 Å². The minimum Gasteiger partial charge on any atom is -0.450 e. The monoisotopic (exact) mass is 223 g/mol. The summed E-state index contributed by atoms with van der Waals surface area (Å²) in [5.41, 5.74) is 7.51. The number of halogens is 1. The Morgan fingerprint density at radius 2 is 2.07 bits per heavy atom. The van der Waals surface area contributed by atoms with E-state index in [1.807, 2.05) is 6.92 Å². The van der Waals surface area contributed by atoms with Gasteiger partial charge in [-0.15, -0.1) is 0 Å². The molecule has 1 heterocycles. The van der Waals surface area contributed by atoms with E-state index in [4.69, 9.17) is 21.8 Å². The quantitative estimate of drug-likeness (QED) is 0.808. The van der Waals surface area contributed by atoms with Crippen molar-refractivity contribution < 1.29 is 9.21 Å². The zero-order valence-corrected chi connectivity index (χ0v) is 9.18. The molecule has 1 aromatic heterocycles. The van der Waals surface area contributed by atoms with Gasteiger partial charge < -0.3 is 10.2 Å². The Balaban J connectivity index is 2.88. The maximum atomic E-state index is 11.1. The molecule has 0 fully saturated rings. The van der Waals surface area contributed by atoms with Crippen molar-refractivity contribution in [3.8, 4) is 0 Å². The van der Waals surface area contributed by atoms with Crippen molar-refractivity contribution in [3.63, 3.8) is 0 Å². The number of fused-ring (bicyclic) bond motifs is 1. The fourth-order valence-corrected chi connectivity index (χ4v) is 1.95. The average Bonchev–Trinajstić information content (AvgIpc) is 2.44. The molecular formula is C11H10ClNO2. The molecule has 0 spiro atoms. The number of hydrogen-bond acceptors (Lipinski definition) is 2. The van der Waals surface area contributed by atoms with E-state index in [2.05, 4.69) is 0 Å². The highest BCUT2D eigenvalue weighted by Crippen LogP contribution is 2.30. The first kappa shape index (κ1) is 10.1. The largest absolute Gasteiger partial charge is 0.450 e. The molecule has 0 saturated carbocycles. The first-order valence-corrected chi connectivity index (χ1v) is 4.87. The summed E-state index contributed by atoms with van der Waals surface area (Å²) in [5.74, 6) is -0.352. The minimum atomic E-state index is -0.556. The number of amides is 1. The molecular weight excluding hydrogens is 214 g/mol. The van der Waals surface area contributed by atoms with Crippen LogP contribution in [0.15, 0.2) is 16.5 Å². The van der Waals surface area contributed by atoms with Gasteiger partial charge in [-0.3, -0.25) is 4.79 Å². The van der Waals surface area contributed by atoms with E-state index >= 15 is 0 Å². The van der Waals surface area contributed by atoms with Gasteiger partial charge in [-0.25, -0.2) is 0 Å². The molecule has 4 heteroatoms. The summed E-state index contributed by atoms with van der Waals surface area (Å²) in [6.45, 7) is 3.67. The summed E-state index contributed by atoms with van der Waals surface area (Å²) in [5, 5.41) is 1.47. The topological polar surface area (TPSA) is 56.2 Å². The van der Waals surface area contributed by atoms with Crippen LogP contribution in [0.5, 0.6) is 0 Å². The maximum Gasteiger partial charge on any atom is 0.284 e. The van der Waals surface area contributed by atoms with Crippen molar-refractivity contribution in [3.05, 3.63) is 34.0 Å². The molecule has 1 aromatic carbocycles. The van der Waals surface area contributed by atoms with Gasteiger partial charge in [0.05, 0.1) is 0 Å². The smallest absolute Gasteiger partial charge is 0.284 e. The predicted octanol–water partition coefficient (Wildman–Crippen LogP) is 2.80.